The standard InChI is InChI=1S/C18H30N2S/c1-18(2,3)15-17(16-7-5-4-6-8-16)19-9-10-20-11-13-21-14-12-20/h4-8,17,19H,9-15H2,1-3H3. The number of rotatable bonds is 6. The van der Waals surface area contributed by atoms with Crippen molar-refractivity contribution in [3.8, 4) is 0 Å². The monoisotopic (exact) mass is 306 g/mol. The first kappa shape index (κ1) is 16.9. The predicted octanol–water partition coefficient (Wildman–Crippen LogP) is 3.80. The van der Waals surface area contributed by atoms with E-state index in [0.717, 1.165) is 6.54 Å². The van der Waals surface area contributed by atoms with Gasteiger partial charge in [-0.25, -0.2) is 0 Å². The molecular weight excluding hydrogens is 276 g/mol. The summed E-state index contributed by atoms with van der Waals surface area (Å²) in [4.78, 5) is 2.59. The van der Waals surface area contributed by atoms with Crippen LogP contribution in [0.3, 0.4) is 0 Å². The maximum atomic E-state index is 3.79. The first-order chi connectivity index (χ1) is 10.0. The van der Waals surface area contributed by atoms with Gasteiger partial charge in [0.25, 0.3) is 0 Å². The van der Waals surface area contributed by atoms with Crippen LogP contribution < -0.4 is 5.32 Å². The molecule has 1 aliphatic heterocycles. The molecule has 2 nitrogen and oxygen atoms in total. The normalized spacial score (nSPS) is 18.6. The summed E-state index contributed by atoms with van der Waals surface area (Å²) in [6, 6.07) is 11.4. The largest absolute Gasteiger partial charge is 0.309 e. The van der Waals surface area contributed by atoms with Crippen LogP contribution >= 0.6 is 11.8 Å². The second-order valence-electron chi connectivity index (χ2n) is 7.14. The molecule has 1 aromatic carbocycles. The average molecular weight is 307 g/mol. The average Bonchev–Trinajstić information content (AvgIpc) is 2.47. The fourth-order valence-corrected chi connectivity index (χ4v) is 3.81. The van der Waals surface area contributed by atoms with E-state index in [9.17, 15) is 0 Å². The van der Waals surface area contributed by atoms with Gasteiger partial charge in [0.15, 0.2) is 0 Å². The molecular formula is C18H30N2S. The van der Waals surface area contributed by atoms with Gasteiger partial charge in [0.2, 0.25) is 0 Å². The highest BCUT2D eigenvalue weighted by atomic mass is 32.2. The molecule has 1 fully saturated rings. The Bertz CT molecular complexity index is 393. The van der Waals surface area contributed by atoms with Gasteiger partial charge in [-0.15, -0.1) is 0 Å². The lowest BCUT2D eigenvalue weighted by Gasteiger charge is -2.30. The summed E-state index contributed by atoms with van der Waals surface area (Å²) >= 11 is 2.08. The molecule has 1 aliphatic rings. The Kier molecular flexibility index (Phi) is 6.59. The van der Waals surface area contributed by atoms with E-state index in [-0.39, 0.29) is 0 Å². The molecule has 1 heterocycles. The van der Waals surface area contributed by atoms with Crippen molar-refractivity contribution in [2.45, 2.75) is 33.2 Å². The highest BCUT2D eigenvalue weighted by molar-refractivity contribution is 7.99. The number of nitrogens with one attached hydrogen (secondary N) is 1. The fourth-order valence-electron chi connectivity index (χ4n) is 2.83. The van der Waals surface area contributed by atoms with Crippen molar-refractivity contribution in [3.05, 3.63) is 35.9 Å². The highest BCUT2D eigenvalue weighted by Gasteiger charge is 2.20. The molecule has 0 amide bonds. The Morgan fingerprint density at radius 3 is 2.43 bits per heavy atom. The van der Waals surface area contributed by atoms with E-state index < -0.39 is 0 Å². The quantitative estimate of drug-likeness (QED) is 0.860. The lowest BCUT2D eigenvalue weighted by atomic mass is 9.85. The van der Waals surface area contributed by atoms with Gasteiger partial charge < -0.3 is 10.2 Å². The van der Waals surface area contributed by atoms with Crippen LogP contribution in [0.25, 0.3) is 0 Å². The Balaban J connectivity index is 1.86. The summed E-state index contributed by atoms with van der Waals surface area (Å²) in [7, 11) is 0. The molecule has 3 heteroatoms. The number of hydrogen-bond donors (Lipinski definition) is 1. The van der Waals surface area contributed by atoms with Crippen molar-refractivity contribution in [2.75, 3.05) is 37.7 Å². The minimum absolute atomic E-state index is 0.343. The van der Waals surface area contributed by atoms with Gasteiger partial charge in [0, 0.05) is 43.7 Å². The minimum atomic E-state index is 0.343. The number of nitrogens with zero attached hydrogens (tertiary/aromatic N) is 1. The topological polar surface area (TPSA) is 15.3 Å². The predicted molar refractivity (Wildman–Crippen MR) is 95.0 cm³/mol. The zero-order valence-corrected chi connectivity index (χ0v) is 14.6. The second kappa shape index (κ2) is 8.21. The van der Waals surface area contributed by atoms with Gasteiger partial charge in [-0.05, 0) is 17.4 Å². The van der Waals surface area contributed by atoms with Crippen LogP contribution in [0.2, 0.25) is 0 Å². The number of benzene rings is 1. The SMILES string of the molecule is CC(C)(C)CC(NCCN1CCSCC1)c1ccccc1. The van der Waals surface area contributed by atoms with E-state index in [4.69, 9.17) is 0 Å². The van der Waals surface area contributed by atoms with Crippen molar-refractivity contribution in [1.82, 2.24) is 10.2 Å². The van der Waals surface area contributed by atoms with Crippen molar-refractivity contribution in [2.24, 2.45) is 5.41 Å². The third kappa shape index (κ3) is 6.41. The van der Waals surface area contributed by atoms with Crippen molar-refractivity contribution in [3.63, 3.8) is 0 Å². The zero-order chi connectivity index (χ0) is 15.1. The van der Waals surface area contributed by atoms with E-state index in [2.05, 4.69) is 73.1 Å². The van der Waals surface area contributed by atoms with Gasteiger partial charge in [-0.2, -0.15) is 11.8 Å². The van der Waals surface area contributed by atoms with Crippen LogP contribution in [-0.4, -0.2) is 42.6 Å². The van der Waals surface area contributed by atoms with Crippen molar-refractivity contribution >= 4 is 11.8 Å². The first-order valence-corrected chi connectivity index (χ1v) is 9.28. The summed E-state index contributed by atoms with van der Waals surface area (Å²) < 4.78 is 0. The van der Waals surface area contributed by atoms with Crippen LogP contribution in [0, 0.1) is 5.41 Å². The number of hydrogen-bond acceptors (Lipinski definition) is 3. The summed E-state index contributed by atoms with van der Waals surface area (Å²) in [6.45, 7) is 11.7. The van der Waals surface area contributed by atoms with Crippen molar-refractivity contribution in [1.29, 1.82) is 0 Å². The summed E-state index contributed by atoms with van der Waals surface area (Å²) in [5, 5.41) is 3.79. The molecule has 1 unspecified atom stereocenters. The highest BCUT2D eigenvalue weighted by Crippen LogP contribution is 2.29. The van der Waals surface area contributed by atoms with E-state index in [1.165, 1.54) is 43.1 Å². The van der Waals surface area contributed by atoms with Gasteiger partial charge in [-0.1, -0.05) is 51.1 Å². The first-order valence-electron chi connectivity index (χ1n) is 8.13. The summed E-state index contributed by atoms with van der Waals surface area (Å²) in [5.74, 6) is 2.59. The Morgan fingerprint density at radius 2 is 1.81 bits per heavy atom. The molecule has 0 aromatic heterocycles. The molecule has 0 radical (unpaired) electrons. The Morgan fingerprint density at radius 1 is 1.14 bits per heavy atom. The van der Waals surface area contributed by atoms with E-state index in [1.54, 1.807) is 0 Å². The molecule has 0 saturated carbocycles. The molecule has 1 N–H and O–H groups in total. The third-order valence-electron chi connectivity index (χ3n) is 3.94. The lowest BCUT2D eigenvalue weighted by molar-refractivity contribution is 0.273. The van der Waals surface area contributed by atoms with Crippen LogP contribution in [-0.2, 0) is 0 Å². The summed E-state index contributed by atoms with van der Waals surface area (Å²) in [6.07, 6.45) is 1.17. The van der Waals surface area contributed by atoms with E-state index >= 15 is 0 Å². The molecule has 0 aliphatic carbocycles. The zero-order valence-electron chi connectivity index (χ0n) is 13.8. The molecule has 0 bridgehead atoms. The summed E-state index contributed by atoms with van der Waals surface area (Å²) in [5.41, 5.74) is 1.76. The van der Waals surface area contributed by atoms with Gasteiger partial charge >= 0.3 is 0 Å². The van der Waals surface area contributed by atoms with Gasteiger partial charge in [0.1, 0.15) is 0 Å². The van der Waals surface area contributed by atoms with Crippen LogP contribution in [0.15, 0.2) is 30.3 Å². The van der Waals surface area contributed by atoms with E-state index in [0.29, 0.717) is 11.5 Å². The molecule has 1 saturated heterocycles. The Labute approximate surface area is 134 Å². The minimum Gasteiger partial charge on any atom is -0.309 e. The van der Waals surface area contributed by atoms with E-state index in [1.807, 2.05) is 0 Å². The maximum Gasteiger partial charge on any atom is 0.0325 e. The molecule has 0 spiro atoms. The van der Waals surface area contributed by atoms with Gasteiger partial charge in [-0.3, -0.25) is 0 Å². The van der Waals surface area contributed by atoms with Crippen molar-refractivity contribution < 1.29 is 0 Å². The van der Waals surface area contributed by atoms with Crippen LogP contribution in [0.1, 0.15) is 38.8 Å². The fraction of sp³-hybridized carbons (Fsp3) is 0.667. The van der Waals surface area contributed by atoms with Gasteiger partial charge in [0.05, 0.1) is 0 Å². The lowest BCUT2D eigenvalue weighted by Crippen LogP contribution is -2.39. The number of thioether (sulfide) groups is 1. The molecule has 118 valence electrons. The molecule has 2 rings (SSSR count). The van der Waals surface area contributed by atoms with Crippen LogP contribution in [0.5, 0.6) is 0 Å². The second-order valence-corrected chi connectivity index (χ2v) is 8.36. The smallest absolute Gasteiger partial charge is 0.0325 e. The molecule has 21 heavy (non-hydrogen) atoms. The third-order valence-corrected chi connectivity index (χ3v) is 4.88. The molecule has 1 atom stereocenters. The maximum absolute atomic E-state index is 3.79. The Hall–Kier alpha value is -0.510. The van der Waals surface area contributed by atoms with Crippen LogP contribution in [0.4, 0.5) is 0 Å². The molecule has 1 aromatic rings.